The molecule has 0 aliphatic carbocycles. The molecule has 0 saturated carbocycles. The second-order valence-corrected chi connectivity index (χ2v) is 9.72. The summed E-state index contributed by atoms with van der Waals surface area (Å²) >= 11 is 0. The molecule has 7 heteroatoms. The third-order valence-corrected chi connectivity index (χ3v) is 7.79. The SMILES string of the molecule is COc1cccc2c(C)cc(N3CCN(S(=O)(=O)c4ccc(C)cc4C)CC3)nc12. The van der Waals surface area contributed by atoms with Crippen LogP contribution in [0.25, 0.3) is 10.9 Å². The van der Waals surface area contributed by atoms with Crippen molar-refractivity contribution >= 4 is 26.7 Å². The number of anilines is 1. The van der Waals surface area contributed by atoms with Crippen LogP contribution in [0.3, 0.4) is 0 Å². The van der Waals surface area contributed by atoms with Gasteiger partial charge in [0, 0.05) is 31.6 Å². The Morgan fingerprint density at radius 3 is 2.33 bits per heavy atom. The molecule has 0 atom stereocenters. The lowest BCUT2D eigenvalue weighted by Crippen LogP contribution is -2.49. The summed E-state index contributed by atoms with van der Waals surface area (Å²) in [6.07, 6.45) is 0. The highest BCUT2D eigenvalue weighted by atomic mass is 32.2. The maximum Gasteiger partial charge on any atom is 0.243 e. The second-order valence-electron chi connectivity index (χ2n) is 7.81. The van der Waals surface area contributed by atoms with E-state index in [-0.39, 0.29) is 0 Å². The van der Waals surface area contributed by atoms with Crippen molar-refractivity contribution in [2.24, 2.45) is 0 Å². The number of sulfonamides is 1. The van der Waals surface area contributed by atoms with Crippen LogP contribution < -0.4 is 9.64 Å². The number of aromatic nitrogens is 1. The summed E-state index contributed by atoms with van der Waals surface area (Å²) in [7, 11) is -1.85. The largest absolute Gasteiger partial charge is 0.494 e. The fraction of sp³-hybridized carbons (Fsp3) is 0.348. The first-order valence-electron chi connectivity index (χ1n) is 10.1. The van der Waals surface area contributed by atoms with Gasteiger partial charge >= 0.3 is 0 Å². The molecule has 30 heavy (non-hydrogen) atoms. The van der Waals surface area contributed by atoms with E-state index in [1.165, 1.54) is 0 Å². The number of fused-ring (bicyclic) bond motifs is 1. The van der Waals surface area contributed by atoms with Crippen LogP contribution in [0.1, 0.15) is 16.7 Å². The van der Waals surface area contributed by atoms with Gasteiger partial charge in [-0.2, -0.15) is 4.31 Å². The molecule has 4 rings (SSSR count). The van der Waals surface area contributed by atoms with Gasteiger partial charge in [-0.1, -0.05) is 29.8 Å². The number of pyridine rings is 1. The molecule has 1 aliphatic rings. The van der Waals surface area contributed by atoms with Crippen LogP contribution in [0.4, 0.5) is 5.82 Å². The molecule has 2 heterocycles. The average molecular weight is 426 g/mol. The average Bonchev–Trinajstić information content (AvgIpc) is 2.73. The lowest BCUT2D eigenvalue weighted by atomic mass is 10.1. The summed E-state index contributed by atoms with van der Waals surface area (Å²) in [6.45, 7) is 7.93. The van der Waals surface area contributed by atoms with Crippen LogP contribution in [-0.2, 0) is 10.0 Å². The highest BCUT2D eigenvalue weighted by molar-refractivity contribution is 7.89. The summed E-state index contributed by atoms with van der Waals surface area (Å²) in [5.74, 6) is 1.60. The predicted molar refractivity (Wildman–Crippen MR) is 120 cm³/mol. The lowest BCUT2D eigenvalue weighted by molar-refractivity contribution is 0.383. The van der Waals surface area contributed by atoms with Crippen molar-refractivity contribution in [2.45, 2.75) is 25.7 Å². The minimum Gasteiger partial charge on any atom is -0.494 e. The van der Waals surface area contributed by atoms with Gasteiger partial charge in [0.05, 0.1) is 12.0 Å². The van der Waals surface area contributed by atoms with E-state index in [0.717, 1.165) is 39.2 Å². The quantitative estimate of drug-likeness (QED) is 0.638. The van der Waals surface area contributed by atoms with Gasteiger partial charge in [-0.05, 0) is 50.1 Å². The van der Waals surface area contributed by atoms with Crippen molar-refractivity contribution in [1.82, 2.24) is 9.29 Å². The molecule has 0 amide bonds. The Hall–Kier alpha value is -2.64. The van der Waals surface area contributed by atoms with Crippen molar-refractivity contribution in [2.75, 3.05) is 38.2 Å². The zero-order chi connectivity index (χ0) is 21.5. The standard InChI is InChI=1S/C23H27N3O3S/c1-16-8-9-21(18(3)14-16)30(27,28)26-12-10-25(11-13-26)22-15-17(2)19-6-5-7-20(29-4)23(19)24-22/h5-9,14-15H,10-13H2,1-4H3. The number of hydrogen-bond donors (Lipinski definition) is 0. The molecule has 6 nitrogen and oxygen atoms in total. The number of benzene rings is 2. The number of rotatable bonds is 4. The molecule has 158 valence electrons. The Bertz CT molecular complexity index is 1200. The third-order valence-electron chi connectivity index (χ3n) is 5.73. The Balaban J connectivity index is 1.57. The van der Waals surface area contributed by atoms with Crippen molar-refractivity contribution in [3.05, 3.63) is 59.2 Å². The van der Waals surface area contributed by atoms with Gasteiger partial charge in [0.15, 0.2) is 0 Å². The zero-order valence-electron chi connectivity index (χ0n) is 17.8. The second kappa shape index (κ2) is 7.89. The van der Waals surface area contributed by atoms with Gasteiger partial charge in [0.1, 0.15) is 17.1 Å². The number of para-hydroxylation sites is 1. The van der Waals surface area contributed by atoms with Crippen LogP contribution in [0.5, 0.6) is 5.75 Å². The fourth-order valence-corrected chi connectivity index (χ4v) is 5.71. The normalized spacial score (nSPS) is 15.5. The Morgan fingerprint density at radius 2 is 1.67 bits per heavy atom. The van der Waals surface area contributed by atoms with E-state index in [9.17, 15) is 8.42 Å². The van der Waals surface area contributed by atoms with E-state index >= 15 is 0 Å². The van der Waals surface area contributed by atoms with E-state index < -0.39 is 10.0 Å². The first kappa shape index (κ1) is 20.6. The van der Waals surface area contributed by atoms with Crippen LogP contribution in [-0.4, -0.2) is 51.0 Å². The first-order chi connectivity index (χ1) is 14.3. The summed E-state index contributed by atoms with van der Waals surface area (Å²) in [5, 5.41) is 1.06. The molecule has 1 saturated heterocycles. The van der Waals surface area contributed by atoms with Crippen LogP contribution in [0.2, 0.25) is 0 Å². The van der Waals surface area contributed by atoms with Gasteiger partial charge < -0.3 is 9.64 Å². The Morgan fingerprint density at radius 1 is 0.933 bits per heavy atom. The van der Waals surface area contributed by atoms with E-state index in [4.69, 9.17) is 9.72 Å². The monoisotopic (exact) mass is 425 g/mol. The minimum atomic E-state index is -3.50. The molecule has 1 fully saturated rings. The van der Waals surface area contributed by atoms with Gasteiger partial charge in [-0.15, -0.1) is 0 Å². The molecule has 3 aromatic rings. The van der Waals surface area contributed by atoms with Crippen LogP contribution >= 0.6 is 0 Å². The van der Waals surface area contributed by atoms with E-state index in [0.29, 0.717) is 31.1 Å². The third kappa shape index (κ3) is 3.63. The predicted octanol–water partition coefficient (Wildman–Crippen LogP) is 3.68. The number of hydrogen-bond acceptors (Lipinski definition) is 5. The van der Waals surface area contributed by atoms with Gasteiger partial charge in [-0.25, -0.2) is 13.4 Å². The Labute approximate surface area is 178 Å². The minimum absolute atomic E-state index is 0.394. The van der Waals surface area contributed by atoms with Crippen molar-refractivity contribution in [3.63, 3.8) is 0 Å². The molecular formula is C23H27N3O3S. The summed E-state index contributed by atoms with van der Waals surface area (Å²) in [5.41, 5.74) is 3.81. The molecule has 0 unspecified atom stereocenters. The van der Waals surface area contributed by atoms with Gasteiger partial charge in [0.2, 0.25) is 10.0 Å². The van der Waals surface area contributed by atoms with E-state index in [2.05, 4.69) is 17.9 Å². The molecule has 0 N–H and O–H groups in total. The number of nitrogens with zero attached hydrogens (tertiary/aromatic N) is 3. The number of methoxy groups -OCH3 is 1. The summed E-state index contributed by atoms with van der Waals surface area (Å²) in [6, 6.07) is 13.5. The molecular weight excluding hydrogens is 398 g/mol. The van der Waals surface area contributed by atoms with Crippen LogP contribution in [0, 0.1) is 20.8 Å². The van der Waals surface area contributed by atoms with Crippen molar-refractivity contribution in [3.8, 4) is 5.75 Å². The Kier molecular flexibility index (Phi) is 5.42. The number of aryl methyl sites for hydroxylation is 3. The molecule has 0 bridgehead atoms. The van der Waals surface area contributed by atoms with Crippen molar-refractivity contribution < 1.29 is 13.2 Å². The zero-order valence-corrected chi connectivity index (χ0v) is 18.7. The summed E-state index contributed by atoms with van der Waals surface area (Å²) < 4.78 is 33.4. The maximum atomic E-state index is 13.2. The number of piperazine rings is 1. The highest BCUT2D eigenvalue weighted by Gasteiger charge is 2.30. The first-order valence-corrected chi connectivity index (χ1v) is 11.5. The molecule has 1 aliphatic heterocycles. The maximum absolute atomic E-state index is 13.2. The number of ether oxygens (including phenoxy) is 1. The summed E-state index contributed by atoms with van der Waals surface area (Å²) in [4.78, 5) is 7.37. The molecule has 0 radical (unpaired) electrons. The smallest absolute Gasteiger partial charge is 0.243 e. The molecule has 2 aromatic carbocycles. The van der Waals surface area contributed by atoms with Gasteiger partial charge in [0.25, 0.3) is 0 Å². The lowest BCUT2D eigenvalue weighted by Gasteiger charge is -2.35. The fourth-order valence-electron chi connectivity index (χ4n) is 4.09. The van der Waals surface area contributed by atoms with Crippen molar-refractivity contribution in [1.29, 1.82) is 0 Å². The highest BCUT2D eigenvalue weighted by Crippen LogP contribution is 2.30. The van der Waals surface area contributed by atoms with Gasteiger partial charge in [-0.3, -0.25) is 0 Å². The van der Waals surface area contributed by atoms with E-state index in [1.807, 2.05) is 44.2 Å². The molecule has 0 spiro atoms. The van der Waals surface area contributed by atoms with E-state index in [1.54, 1.807) is 17.5 Å². The van der Waals surface area contributed by atoms with Crippen LogP contribution in [0.15, 0.2) is 47.4 Å². The molecule has 1 aromatic heterocycles. The topological polar surface area (TPSA) is 62.7 Å².